The van der Waals surface area contributed by atoms with Crippen molar-refractivity contribution in [2.75, 3.05) is 23.7 Å². The van der Waals surface area contributed by atoms with Crippen molar-refractivity contribution in [1.29, 1.82) is 0 Å². The Morgan fingerprint density at radius 2 is 1.50 bits per heavy atom. The standard InChI is InChI=1S/C27H30FN3O4S/c1-3-29-27(33)25(18-21-12-6-4-7-13-21)30(19-22-14-10-11-17-24(22)28)26(32)20-31(36(2,34)35)23-15-8-5-9-16-23/h4-17,25H,3,18-20H2,1-2H3,(H,29,33)/t25-/m1/s1. The van der Waals surface area contributed by atoms with Gasteiger partial charge in [0.25, 0.3) is 0 Å². The summed E-state index contributed by atoms with van der Waals surface area (Å²) in [6.07, 6.45) is 1.19. The van der Waals surface area contributed by atoms with E-state index in [-0.39, 0.29) is 18.5 Å². The summed E-state index contributed by atoms with van der Waals surface area (Å²) in [5.41, 5.74) is 1.35. The third-order valence-corrected chi connectivity index (χ3v) is 6.78. The SMILES string of the molecule is CCNC(=O)[C@@H](Cc1ccccc1)N(Cc1ccccc1F)C(=O)CN(c1ccccc1)S(C)(=O)=O. The molecule has 0 aliphatic carbocycles. The van der Waals surface area contributed by atoms with Gasteiger partial charge in [-0.1, -0.05) is 66.7 Å². The number of carbonyl (C=O) groups excluding carboxylic acids is 2. The number of hydrogen-bond acceptors (Lipinski definition) is 4. The Bertz CT molecular complexity index is 1270. The number of amides is 2. The maximum absolute atomic E-state index is 14.6. The van der Waals surface area contributed by atoms with Crippen LogP contribution in [0, 0.1) is 5.82 Å². The van der Waals surface area contributed by atoms with Crippen LogP contribution in [-0.4, -0.2) is 50.5 Å². The van der Waals surface area contributed by atoms with Gasteiger partial charge in [-0.05, 0) is 30.7 Å². The zero-order valence-corrected chi connectivity index (χ0v) is 21.1. The number of nitrogens with one attached hydrogen (secondary N) is 1. The molecule has 0 aromatic heterocycles. The lowest BCUT2D eigenvalue weighted by molar-refractivity contribution is -0.140. The maximum atomic E-state index is 14.6. The molecule has 0 radical (unpaired) electrons. The van der Waals surface area contributed by atoms with Gasteiger partial charge in [-0.3, -0.25) is 13.9 Å². The number of likely N-dealkylation sites (N-methyl/N-ethyl adjacent to an activating group) is 1. The lowest BCUT2D eigenvalue weighted by Crippen LogP contribution is -2.53. The number of carbonyl (C=O) groups is 2. The quantitative estimate of drug-likeness (QED) is 0.428. The Balaban J connectivity index is 2.03. The third-order valence-electron chi connectivity index (χ3n) is 5.64. The number of para-hydroxylation sites is 1. The van der Waals surface area contributed by atoms with Crippen molar-refractivity contribution in [1.82, 2.24) is 10.2 Å². The summed E-state index contributed by atoms with van der Waals surface area (Å²) in [5.74, 6) is -1.55. The van der Waals surface area contributed by atoms with Crippen molar-refractivity contribution >= 4 is 27.5 Å². The molecule has 0 spiro atoms. The van der Waals surface area contributed by atoms with Gasteiger partial charge in [-0.25, -0.2) is 12.8 Å². The van der Waals surface area contributed by atoms with Crippen LogP contribution in [0.3, 0.4) is 0 Å². The van der Waals surface area contributed by atoms with E-state index in [1.54, 1.807) is 49.4 Å². The van der Waals surface area contributed by atoms with Crippen LogP contribution < -0.4 is 9.62 Å². The molecule has 9 heteroatoms. The molecule has 0 aliphatic rings. The number of nitrogens with zero attached hydrogens (tertiary/aromatic N) is 2. The smallest absolute Gasteiger partial charge is 0.244 e. The molecule has 3 aromatic rings. The molecule has 1 N–H and O–H groups in total. The van der Waals surface area contributed by atoms with Crippen molar-refractivity contribution in [2.45, 2.75) is 25.9 Å². The van der Waals surface area contributed by atoms with Gasteiger partial charge in [-0.15, -0.1) is 0 Å². The molecule has 0 fully saturated rings. The average Bonchev–Trinajstić information content (AvgIpc) is 2.86. The zero-order chi connectivity index (χ0) is 26.1. The first-order valence-electron chi connectivity index (χ1n) is 11.6. The average molecular weight is 512 g/mol. The number of benzene rings is 3. The summed E-state index contributed by atoms with van der Waals surface area (Å²) in [6, 6.07) is 22.4. The van der Waals surface area contributed by atoms with E-state index < -0.39 is 40.2 Å². The van der Waals surface area contributed by atoms with E-state index in [0.29, 0.717) is 12.2 Å². The molecule has 0 saturated carbocycles. The van der Waals surface area contributed by atoms with Crippen LogP contribution in [0.5, 0.6) is 0 Å². The van der Waals surface area contributed by atoms with Crippen molar-refractivity contribution in [3.05, 3.63) is 102 Å². The van der Waals surface area contributed by atoms with Gasteiger partial charge in [-0.2, -0.15) is 0 Å². The topological polar surface area (TPSA) is 86.8 Å². The largest absolute Gasteiger partial charge is 0.355 e. The van der Waals surface area contributed by atoms with Crippen LogP contribution >= 0.6 is 0 Å². The highest BCUT2D eigenvalue weighted by Crippen LogP contribution is 2.20. The minimum Gasteiger partial charge on any atom is -0.355 e. The van der Waals surface area contributed by atoms with Crippen LogP contribution in [0.4, 0.5) is 10.1 Å². The highest BCUT2D eigenvalue weighted by atomic mass is 32.2. The molecule has 1 atom stereocenters. The summed E-state index contributed by atoms with van der Waals surface area (Å²) in [4.78, 5) is 28.2. The van der Waals surface area contributed by atoms with Crippen LogP contribution in [0.2, 0.25) is 0 Å². The number of hydrogen-bond donors (Lipinski definition) is 1. The highest BCUT2D eigenvalue weighted by Gasteiger charge is 2.33. The Morgan fingerprint density at radius 1 is 0.917 bits per heavy atom. The monoisotopic (exact) mass is 511 g/mol. The first-order chi connectivity index (χ1) is 17.2. The summed E-state index contributed by atoms with van der Waals surface area (Å²) in [5, 5.41) is 2.76. The molecule has 0 saturated heterocycles. The van der Waals surface area contributed by atoms with Gasteiger partial charge >= 0.3 is 0 Å². The number of rotatable bonds is 11. The summed E-state index contributed by atoms with van der Waals surface area (Å²) in [7, 11) is -3.83. The van der Waals surface area contributed by atoms with Gasteiger partial charge in [0.1, 0.15) is 18.4 Å². The highest BCUT2D eigenvalue weighted by molar-refractivity contribution is 7.92. The van der Waals surface area contributed by atoms with Gasteiger partial charge < -0.3 is 10.2 Å². The fraction of sp³-hybridized carbons (Fsp3) is 0.259. The fourth-order valence-electron chi connectivity index (χ4n) is 3.86. The molecular formula is C27H30FN3O4S. The number of halogens is 1. The molecule has 7 nitrogen and oxygen atoms in total. The third kappa shape index (κ3) is 7.14. The van der Waals surface area contributed by atoms with Crippen LogP contribution in [0.1, 0.15) is 18.1 Å². The first-order valence-corrected chi connectivity index (χ1v) is 13.4. The van der Waals surface area contributed by atoms with Gasteiger partial charge in [0.2, 0.25) is 21.8 Å². The minimum absolute atomic E-state index is 0.178. The van der Waals surface area contributed by atoms with Crippen molar-refractivity contribution in [2.24, 2.45) is 0 Å². The van der Waals surface area contributed by atoms with Gasteiger partial charge in [0.15, 0.2) is 0 Å². The lowest BCUT2D eigenvalue weighted by atomic mass is 10.0. The fourth-order valence-corrected chi connectivity index (χ4v) is 4.71. The first kappa shape index (κ1) is 26.9. The van der Waals surface area contributed by atoms with Gasteiger partial charge in [0, 0.05) is 25.1 Å². The van der Waals surface area contributed by atoms with Crippen LogP contribution in [0.25, 0.3) is 0 Å². The molecule has 190 valence electrons. The van der Waals surface area contributed by atoms with Gasteiger partial charge in [0.05, 0.1) is 11.9 Å². The molecule has 36 heavy (non-hydrogen) atoms. The van der Waals surface area contributed by atoms with E-state index in [0.717, 1.165) is 16.1 Å². The van der Waals surface area contributed by atoms with Crippen molar-refractivity contribution in [3.8, 4) is 0 Å². The number of anilines is 1. The predicted molar refractivity (Wildman–Crippen MR) is 138 cm³/mol. The molecule has 3 aromatic carbocycles. The molecule has 0 bridgehead atoms. The summed E-state index contributed by atoms with van der Waals surface area (Å²) >= 11 is 0. The molecule has 0 unspecified atom stereocenters. The lowest BCUT2D eigenvalue weighted by Gasteiger charge is -2.33. The minimum atomic E-state index is -3.83. The van der Waals surface area contributed by atoms with E-state index >= 15 is 0 Å². The molecular weight excluding hydrogens is 481 g/mol. The molecule has 2 amide bonds. The molecule has 3 rings (SSSR count). The maximum Gasteiger partial charge on any atom is 0.244 e. The van der Waals surface area contributed by atoms with Crippen LogP contribution in [-0.2, 0) is 32.6 Å². The summed E-state index contributed by atoms with van der Waals surface area (Å²) < 4.78 is 40.8. The van der Waals surface area contributed by atoms with E-state index in [9.17, 15) is 22.4 Å². The van der Waals surface area contributed by atoms with E-state index in [1.165, 1.54) is 17.0 Å². The van der Waals surface area contributed by atoms with Crippen molar-refractivity contribution < 1.29 is 22.4 Å². The number of sulfonamides is 1. The van der Waals surface area contributed by atoms with E-state index in [4.69, 9.17) is 0 Å². The second kappa shape index (κ2) is 12.3. The van der Waals surface area contributed by atoms with Crippen molar-refractivity contribution in [3.63, 3.8) is 0 Å². The Hall–Kier alpha value is -3.72. The second-order valence-corrected chi connectivity index (χ2v) is 10.2. The van der Waals surface area contributed by atoms with E-state index in [1.807, 2.05) is 30.3 Å². The Kier molecular flexibility index (Phi) is 9.19. The predicted octanol–water partition coefficient (Wildman–Crippen LogP) is 3.37. The normalized spacial score (nSPS) is 12.0. The summed E-state index contributed by atoms with van der Waals surface area (Å²) in [6.45, 7) is 1.36. The van der Waals surface area contributed by atoms with E-state index in [2.05, 4.69) is 5.32 Å². The molecule has 0 heterocycles. The second-order valence-electron chi connectivity index (χ2n) is 8.32. The molecule has 0 aliphatic heterocycles. The Morgan fingerprint density at radius 3 is 2.08 bits per heavy atom. The Labute approximate surface area is 211 Å². The zero-order valence-electron chi connectivity index (χ0n) is 20.3. The van der Waals surface area contributed by atoms with Crippen LogP contribution in [0.15, 0.2) is 84.9 Å².